The fraction of sp³-hybridized carbons (Fsp3) is 0.0833. The second kappa shape index (κ2) is 5.13. The van der Waals surface area contributed by atoms with Gasteiger partial charge in [0, 0.05) is 11.8 Å². The molecule has 2 aromatic rings. The Kier molecular flexibility index (Phi) is 3.38. The molecular formula is C12H12N4O2. The SMILES string of the molecule is Nc1cccc(CC(=O)Nc2ccc(=O)[nH]n2)c1. The molecule has 0 spiro atoms. The highest BCUT2D eigenvalue weighted by molar-refractivity contribution is 5.91. The Morgan fingerprint density at radius 2 is 2.17 bits per heavy atom. The molecule has 0 saturated heterocycles. The van der Waals surface area contributed by atoms with Gasteiger partial charge in [-0.2, -0.15) is 5.10 Å². The van der Waals surface area contributed by atoms with Gasteiger partial charge in [-0.3, -0.25) is 9.59 Å². The molecule has 1 aromatic heterocycles. The molecule has 6 heteroatoms. The molecule has 18 heavy (non-hydrogen) atoms. The lowest BCUT2D eigenvalue weighted by Crippen LogP contribution is -2.17. The summed E-state index contributed by atoms with van der Waals surface area (Å²) in [5, 5.41) is 8.50. The lowest BCUT2D eigenvalue weighted by molar-refractivity contribution is -0.115. The third kappa shape index (κ3) is 3.18. The van der Waals surface area contributed by atoms with E-state index in [0.717, 1.165) is 5.56 Å². The summed E-state index contributed by atoms with van der Waals surface area (Å²) in [4.78, 5) is 22.5. The number of carbonyl (C=O) groups excluding carboxylic acids is 1. The summed E-state index contributed by atoms with van der Waals surface area (Å²) >= 11 is 0. The number of nitrogens with two attached hydrogens (primary N) is 1. The Morgan fingerprint density at radius 1 is 1.33 bits per heavy atom. The van der Waals surface area contributed by atoms with Gasteiger partial charge in [-0.25, -0.2) is 5.10 Å². The Hall–Kier alpha value is -2.63. The maximum atomic E-state index is 11.7. The summed E-state index contributed by atoms with van der Waals surface area (Å²) in [5.74, 6) is 0.0867. The van der Waals surface area contributed by atoms with Crippen molar-refractivity contribution in [2.45, 2.75) is 6.42 Å². The van der Waals surface area contributed by atoms with E-state index in [0.29, 0.717) is 11.5 Å². The molecule has 1 heterocycles. The molecule has 0 saturated carbocycles. The Balaban J connectivity index is 2.01. The molecule has 0 bridgehead atoms. The predicted molar refractivity (Wildman–Crippen MR) is 68.0 cm³/mol. The van der Waals surface area contributed by atoms with Gasteiger partial charge in [0.25, 0.3) is 5.56 Å². The van der Waals surface area contributed by atoms with Crippen molar-refractivity contribution in [1.29, 1.82) is 0 Å². The number of amides is 1. The van der Waals surface area contributed by atoms with Crippen molar-refractivity contribution < 1.29 is 4.79 Å². The number of rotatable bonds is 3. The zero-order chi connectivity index (χ0) is 13.0. The van der Waals surface area contributed by atoms with E-state index in [4.69, 9.17) is 5.73 Å². The monoisotopic (exact) mass is 244 g/mol. The second-order valence-electron chi connectivity index (χ2n) is 3.78. The number of aromatic nitrogens is 2. The first-order chi connectivity index (χ1) is 8.63. The molecular weight excluding hydrogens is 232 g/mol. The summed E-state index contributed by atoms with van der Waals surface area (Å²) in [5.41, 5.74) is 6.73. The van der Waals surface area contributed by atoms with Crippen molar-refractivity contribution in [3.8, 4) is 0 Å². The highest BCUT2D eigenvalue weighted by Gasteiger charge is 2.05. The summed E-state index contributed by atoms with van der Waals surface area (Å²) in [6.07, 6.45) is 0.200. The van der Waals surface area contributed by atoms with Crippen molar-refractivity contribution in [2.75, 3.05) is 11.1 Å². The topological polar surface area (TPSA) is 101 Å². The van der Waals surface area contributed by atoms with Crippen LogP contribution in [0, 0.1) is 0 Å². The molecule has 2 rings (SSSR count). The minimum Gasteiger partial charge on any atom is -0.399 e. The smallest absolute Gasteiger partial charge is 0.264 e. The number of nitrogens with one attached hydrogen (secondary N) is 2. The normalized spacial score (nSPS) is 10.0. The van der Waals surface area contributed by atoms with Gasteiger partial charge < -0.3 is 11.1 Å². The maximum Gasteiger partial charge on any atom is 0.264 e. The molecule has 0 radical (unpaired) electrons. The molecule has 4 N–H and O–H groups in total. The zero-order valence-corrected chi connectivity index (χ0v) is 9.51. The quantitative estimate of drug-likeness (QED) is 0.685. The van der Waals surface area contributed by atoms with E-state index < -0.39 is 0 Å². The fourth-order valence-corrected chi connectivity index (χ4v) is 1.49. The van der Waals surface area contributed by atoms with Crippen LogP contribution in [-0.4, -0.2) is 16.1 Å². The first-order valence-electron chi connectivity index (χ1n) is 5.33. The third-order valence-electron chi connectivity index (χ3n) is 2.26. The molecule has 92 valence electrons. The first-order valence-corrected chi connectivity index (χ1v) is 5.33. The van der Waals surface area contributed by atoms with E-state index in [1.165, 1.54) is 12.1 Å². The van der Waals surface area contributed by atoms with Gasteiger partial charge in [-0.15, -0.1) is 0 Å². The van der Waals surface area contributed by atoms with Gasteiger partial charge in [0.1, 0.15) is 0 Å². The van der Waals surface area contributed by atoms with Crippen molar-refractivity contribution >= 4 is 17.4 Å². The van der Waals surface area contributed by atoms with Crippen LogP contribution in [0.3, 0.4) is 0 Å². The van der Waals surface area contributed by atoms with E-state index in [9.17, 15) is 9.59 Å². The highest BCUT2D eigenvalue weighted by atomic mass is 16.1. The van der Waals surface area contributed by atoms with Crippen LogP contribution in [0.2, 0.25) is 0 Å². The molecule has 0 aliphatic carbocycles. The third-order valence-corrected chi connectivity index (χ3v) is 2.26. The summed E-state index contributed by atoms with van der Waals surface area (Å²) < 4.78 is 0. The van der Waals surface area contributed by atoms with Crippen LogP contribution in [0.5, 0.6) is 0 Å². The number of hydrogen-bond donors (Lipinski definition) is 3. The minimum atomic E-state index is -0.316. The van der Waals surface area contributed by atoms with Crippen LogP contribution in [0.4, 0.5) is 11.5 Å². The van der Waals surface area contributed by atoms with E-state index in [1.807, 2.05) is 6.07 Å². The van der Waals surface area contributed by atoms with Crippen LogP contribution in [0.1, 0.15) is 5.56 Å². The zero-order valence-electron chi connectivity index (χ0n) is 9.51. The molecule has 0 fully saturated rings. The van der Waals surface area contributed by atoms with Crippen molar-refractivity contribution in [3.05, 3.63) is 52.3 Å². The summed E-state index contributed by atoms with van der Waals surface area (Å²) in [6.45, 7) is 0. The van der Waals surface area contributed by atoms with Crippen molar-refractivity contribution in [1.82, 2.24) is 10.2 Å². The van der Waals surface area contributed by atoms with Gasteiger partial charge in [-0.1, -0.05) is 12.1 Å². The van der Waals surface area contributed by atoms with Crippen LogP contribution >= 0.6 is 0 Å². The number of nitrogen functional groups attached to an aromatic ring is 1. The number of nitrogens with zero attached hydrogens (tertiary/aromatic N) is 1. The number of aromatic amines is 1. The van der Waals surface area contributed by atoms with Gasteiger partial charge in [-0.05, 0) is 23.8 Å². The number of H-pyrrole nitrogens is 1. The lowest BCUT2D eigenvalue weighted by atomic mass is 10.1. The van der Waals surface area contributed by atoms with Crippen LogP contribution in [0.25, 0.3) is 0 Å². The van der Waals surface area contributed by atoms with Gasteiger partial charge in [0.05, 0.1) is 6.42 Å². The van der Waals surface area contributed by atoms with E-state index >= 15 is 0 Å². The molecule has 0 unspecified atom stereocenters. The van der Waals surface area contributed by atoms with Crippen LogP contribution in [-0.2, 0) is 11.2 Å². The lowest BCUT2D eigenvalue weighted by Gasteiger charge is -2.04. The Labute approximate surface area is 103 Å². The number of benzene rings is 1. The molecule has 6 nitrogen and oxygen atoms in total. The summed E-state index contributed by atoms with van der Waals surface area (Å²) in [6, 6.07) is 9.83. The average molecular weight is 244 g/mol. The Bertz CT molecular complexity index is 601. The molecule has 0 atom stereocenters. The van der Waals surface area contributed by atoms with E-state index in [1.54, 1.807) is 18.2 Å². The highest BCUT2D eigenvalue weighted by Crippen LogP contribution is 2.08. The largest absolute Gasteiger partial charge is 0.399 e. The number of hydrogen-bond acceptors (Lipinski definition) is 4. The van der Waals surface area contributed by atoms with Gasteiger partial charge >= 0.3 is 0 Å². The Morgan fingerprint density at radius 3 is 2.83 bits per heavy atom. The fourth-order valence-electron chi connectivity index (χ4n) is 1.49. The molecule has 1 aromatic carbocycles. The number of carbonyl (C=O) groups is 1. The first kappa shape index (κ1) is 11.8. The van der Waals surface area contributed by atoms with Crippen molar-refractivity contribution in [2.24, 2.45) is 0 Å². The average Bonchev–Trinajstić information content (AvgIpc) is 2.32. The molecule has 1 amide bonds. The van der Waals surface area contributed by atoms with E-state index in [-0.39, 0.29) is 17.9 Å². The second-order valence-corrected chi connectivity index (χ2v) is 3.78. The van der Waals surface area contributed by atoms with Crippen LogP contribution < -0.4 is 16.6 Å². The summed E-state index contributed by atoms with van der Waals surface area (Å²) in [7, 11) is 0. The molecule has 0 aliphatic heterocycles. The van der Waals surface area contributed by atoms with Crippen molar-refractivity contribution in [3.63, 3.8) is 0 Å². The standard InChI is InChI=1S/C12H12N4O2/c13-9-3-1-2-8(6-9)7-12(18)14-10-4-5-11(17)16-15-10/h1-6H,7,13H2,(H,16,17)(H,14,15,18). The molecule has 0 aliphatic rings. The van der Waals surface area contributed by atoms with Gasteiger partial charge in [0.2, 0.25) is 5.91 Å². The van der Waals surface area contributed by atoms with Gasteiger partial charge in [0.15, 0.2) is 5.82 Å². The van der Waals surface area contributed by atoms with Crippen LogP contribution in [0.15, 0.2) is 41.2 Å². The minimum absolute atomic E-state index is 0.200. The predicted octanol–water partition coefficient (Wildman–Crippen LogP) is 0.533. The maximum absolute atomic E-state index is 11.7. The van der Waals surface area contributed by atoms with E-state index in [2.05, 4.69) is 15.5 Å². The number of anilines is 2.